The van der Waals surface area contributed by atoms with Gasteiger partial charge in [0.15, 0.2) is 0 Å². The molecule has 104 valence electrons. The summed E-state index contributed by atoms with van der Waals surface area (Å²) in [7, 11) is 1.81. The first-order valence-electron chi connectivity index (χ1n) is 6.79. The van der Waals surface area contributed by atoms with Crippen LogP contribution in [0.5, 0.6) is 0 Å². The molecule has 0 radical (unpaired) electrons. The van der Waals surface area contributed by atoms with Crippen LogP contribution < -0.4 is 5.32 Å². The predicted octanol–water partition coefficient (Wildman–Crippen LogP) is 1.29. The molecule has 0 unspecified atom stereocenters. The highest BCUT2D eigenvalue weighted by molar-refractivity contribution is 5.94. The number of anilines is 1. The molecule has 1 aliphatic heterocycles. The summed E-state index contributed by atoms with van der Waals surface area (Å²) in [4.78, 5) is 20.8. The van der Waals surface area contributed by atoms with Gasteiger partial charge in [-0.15, -0.1) is 0 Å². The van der Waals surface area contributed by atoms with Crippen molar-refractivity contribution in [2.75, 3.05) is 38.5 Å². The standard InChI is InChI=1S/C14H22N4O/c1-11(2)17-6-8-18(9-7-17)14(19)12-4-5-13(15-3)16-10-12/h4-5,10-11H,6-9H2,1-3H3,(H,15,16). The smallest absolute Gasteiger partial charge is 0.255 e. The molecule has 2 rings (SSSR count). The number of piperazine rings is 1. The van der Waals surface area contributed by atoms with Crippen molar-refractivity contribution < 1.29 is 4.79 Å². The Morgan fingerprint density at radius 2 is 1.95 bits per heavy atom. The van der Waals surface area contributed by atoms with Crippen LogP contribution in [0.3, 0.4) is 0 Å². The highest BCUT2D eigenvalue weighted by Crippen LogP contribution is 2.11. The number of rotatable bonds is 3. The zero-order valence-corrected chi connectivity index (χ0v) is 11.9. The number of pyridine rings is 1. The first-order chi connectivity index (χ1) is 9.11. The molecular formula is C14H22N4O. The SMILES string of the molecule is CNc1ccc(C(=O)N2CCN(C(C)C)CC2)cn1. The van der Waals surface area contributed by atoms with Gasteiger partial charge in [0.1, 0.15) is 5.82 Å². The Kier molecular flexibility index (Phi) is 4.37. The van der Waals surface area contributed by atoms with E-state index in [-0.39, 0.29) is 5.91 Å². The van der Waals surface area contributed by atoms with Gasteiger partial charge in [-0.2, -0.15) is 0 Å². The number of carbonyl (C=O) groups excluding carboxylic acids is 1. The van der Waals surface area contributed by atoms with Gasteiger partial charge in [-0.1, -0.05) is 0 Å². The molecule has 0 aromatic carbocycles. The minimum absolute atomic E-state index is 0.0820. The minimum Gasteiger partial charge on any atom is -0.373 e. The second kappa shape index (κ2) is 6.02. The van der Waals surface area contributed by atoms with Gasteiger partial charge in [-0.05, 0) is 26.0 Å². The Balaban J connectivity index is 1.97. The van der Waals surface area contributed by atoms with E-state index >= 15 is 0 Å². The number of nitrogens with zero attached hydrogens (tertiary/aromatic N) is 3. The molecule has 5 nitrogen and oxygen atoms in total. The van der Waals surface area contributed by atoms with E-state index in [9.17, 15) is 4.79 Å². The van der Waals surface area contributed by atoms with Crippen LogP contribution in [0.2, 0.25) is 0 Å². The molecule has 0 bridgehead atoms. The van der Waals surface area contributed by atoms with E-state index in [1.54, 1.807) is 6.20 Å². The normalized spacial score (nSPS) is 16.7. The average molecular weight is 262 g/mol. The fourth-order valence-electron chi connectivity index (χ4n) is 2.29. The van der Waals surface area contributed by atoms with Gasteiger partial charge in [-0.3, -0.25) is 9.69 Å². The van der Waals surface area contributed by atoms with Crippen LogP contribution in [-0.4, -0.2) is 60.0 Å². The molecule has 0 spiro atoms. The van der Waals surface area contributed by atoms with Crippen LogP contribution in [0.15, 0.2) is 18.3 Å². The lowest BCUT2D eigenvalue weighted by atomic mass is 10.2. The maximum atomic E-state index is 12.3. The maximum absolute atomic E-state index is 12.3. The molecule has 1 N–H and O–H groups in total. The Morgan fingerprint density at radius 1 is 1.26 bits per heavy atom. The first-order valence-corrected chi connectivity index (χ1v) is 6.79. The fourth-order valence-corrected chi connectivity index (χ4v) is 2.29. The third-order valence-corrected chi connectivity index (χ3v) is 3.60. The monoisotopic (exact) mass is 262 g/mol. The molecular weight excluding hydrogens is 240 g/mol. The number of hydrogen-bond acceptors (Lipinski definition) is 4. The minimum atomic E-state index is 0.0820. The van der Waals surface area contributed by atoms with Crippen LogP contribution in [0.4, 0.5) is 5.82 Å². The Hall–Kier alpha value is -1.62. The third kappa shape index (κ3) is 3.23. The summed E-state index contributed by atoms with van der Waals surface area (Å²) >= 11 is 0. The molecule has 0 aliphatic carbocycles. The molecule has 5 heteroatoms. The van der Waals surface area contributed by atoms with E-state index in [0.29, 0.717) is 11.6 Å². The van der Waals surface area contributed by atoms with Crippen molar-refractivity contribution in [1.29, 1.82) is 0 Å². The van der Waals surface area contributed by atoms with E-state index in [1.165, 1.54) is 0 Å². The molecule has 0 saturated carbocycles. The van der Waals surface area contributed by atoms with E-state index in [4.69, 9.17) is 0 Å². The molecule has 1 aliphatic rings. The van der Waals surface area contributed by atoms with Gasteiger partial charge in [0.05, 0.1) is 5.56 Å². The number of amides is 1. The van der Waals surface area contributed by atoms with E-state index in [0.717, 1.165) is 32.0 Å². The molecule has 1 aromatic heterocycles. The summed E-state index contributed by atoms with van der Waals surface area (Å²) in [6.45, 7) is 7.88. The van der Waals surface area contributed by atoms with Crippen LogP contribution in [0.25, 0.3) is 0 Å². The van der Waals surface area contributed by atoms with Crippen molar-refractivity contribution in [1.82, 2.24) is 14.8 Å². The predicted molar refractivity (Wildman–Crippen MR) is 76.4 cm³/mol. The lowest BCUT2D eigenvalue weighted by molar-refractivity contribution is 0.0595. The van der Waals surface area contributed by atoms with E-state index in [2.05, 4.69) is 29.0 Å². The molecule has 2 heterocycles. The summed E-state index contributed by atoms with van der Waals surface area (Å²) in [6.07, 6.45) is 1.64. The summed E-state index contributed by atoms with van der Waals surface area (Å²) in [5.74, 6) is 0.861. The second-order valence-electron chi connectivity index (χ2n) is 5.10. The summed E-state index contributed by atoms with van der Waals surface area (Å²) in [6, 6.07) is 4.21. The molecule has 19 heavy (non-hydrogen) atoms. The van der Waals surface area contributed by atoms with Gasteiger partial charge in [0.2, 0.25) is 0 Å². The van der Waals surface area contributed by atoms with Crippen molar-refractivity contribution in [2.45, 2.75) is 19.9 Å². The largest absolute Gasteiger partial charge is 0.373 e. The van der Waals surface area contributed by atoms with Crippen molar-refractivity contribution in [2.24, 2.45) is 0 Å². The van der Waals surface area contributed by atoms with Gasteiger partial charge in [0, 0.05) is 45.5 Å². The number of carbonyl (C=O) groups is 1. The lowest BCUT2D eigenvalue weighted by Gasteiger charge is -2.36. The zero-order valence-electron chi connectivity index (χ0n) is 11.9. The Labute approximate surface area is 114 Å². The van der Waals surface area contributed by atoms with Crippen LogP contribution >= 0.6 is 0 Å². The van der Waals surface area contributed by atoms with Crippen LogP contribution in [-0.2, 0) is 0 Å². The molecule has 1 saturated heterocycles. The van der Waals surface area contributed by atoms with Gasteiger partial charge in [0.25, 0.3) is 5.91 Å². The highest BCUT2D eigenvalue weighted by atomic mass is 16.2. The molecule has 1 aromatic rings. The second-order valence-corrected chi connectivity index (χ2v) is 5.10. The van der Waals surface area contributed by atoms with E-state index < -0.39 is 0 Å². The Morgan fingerprint density at radius 3 is 2.42 bits per heavy atom. The molecule has 1 amide bonds. The average Bonchev–Trinajstić information content (AvgIpc) is 2.46. The van der Waals surface area contributed by atoms with Gasteiger partial charge >= 0.3 is 0 Å². The summed E-state index contributed by atoms with van der Waals surface area (Å²) in [5.41, 5.74) is 0.664. The van der Waals surface area contributed by atoms with E-state index in [1.807, 2.05) is 24.1 Å². The Bertz CT molecular complexity index is 422. The quantitative estimate of drug-likeness (QED) is 0.891. The lowest BCUT2D eigenvalue weighted by Crippen LogP contribution is -2.50. The number of aromatic nitrogens is 1. The van der Waals surface area contributed by atoms with Crippen LogP contribution in [0, 0.1) is 0 Å². The third-order valence-electron chi connectivity index (χ3n) is 3.60. The van der Waals surface area contributed by atoms with Crippen molar-refractivity contribution in [3.63, 3.8) is 0 Å². The van der Waals surface area contributed by atoms with Gasteiger partial charge < -0.3 is 10.2 Å². The van der Waals surface area contributed by atoms with Crippen molar-refractivity contribution in [3.8, 4) is 0 Å². The maximum Gasteiger partial charge on any atom is 0.255 e. The van der Waals surface area contributed by atoms with Crippen LogP contribution in [0.1, 0.15) is 24.2 Å². The number of hydrogen-bond donors (Lipinski definition) is 1. The van der Waals surface area contributed by atoms with Gasteiger partial charge in [-0.25, -0.2) is 4.98 Å². The molecule has 1 fully saturated rings. The zero-order chi connectivity index (χ0) is 13.8. The number of nitrogens with one attached hydrogen (secondary N) is 1. The topological polar surface area (TPSA) is 48.5 Å². The highest BCUT2D eigenvalue weighted by Gasteiger charge is 2.23. The van der Waals surface area contributed by atoms with Crippen molar-refractivity contribution >= 4 is 11.7 Å². The molecule has 0 atom stereocenters. The van der Waals surface area contributed by atoms with Crippen molar-refractivity contribution in [3.05, 3.63) is 23.9 Å². The fraction of sp³-hybridized carbons (Fsp3) is 0.571. The summed E-state index contributed by atoms with van der Waals surface area (Å²) < 4.78 is 0. The summed E-state index contributed by atoms with van der Waals surface area (Å²) in [5, 5.41) is 2.95. The first kappa shape index (κ1) is 13.8.